The van der Waals surface area contributed by atoms with Crippen molar-refractivity contribution < 1.29 is 0 Å². The van der Waals surface area contributed by atoms with E-state index in [9.17, 15) is 0 Å². The Morgan fingerprint density at radius 2 is 1.95 bits per heavy atom. The summed E-state index contributed by atoms with van der Waals surface area (Å²) in [7, 11) is 0. The number of hydrogen-bond donors (Lipinski definition) is 1. The molecule has 0 aromatic heterocycles. The van der Waals surface area contributed by atoms with Crippen molar-refractivity contribution in [1.82, 2.24) is 4.90 Å². The summed E-state index contributed by atoms with van der Waals surface area (Å²) < 4.78 is 0. The van der Waals surface area contributed by atoms with E-state index < -0.39 is 0 Å². The van der Waals surface area contributed by atoms with Crippen LogP contribution < -0.4 is 5.32 Å². The third kappa shape index (κ3) is 1.83. The summed E-state index contributed by atoms with van der Waals surface area (Å²) in [6.45, 7) is 5.51. The molecule has 102 valence electrons. The van der Waals surface area contributed by atoms with Crippen LogP contribution in [0.15, 0.2) is 42.5 Å². The Bertz CT molecular complexity index is 648. The Balaban J connectivity index is 1.61. The lowest BCUT2D eigenvalue weighted by Crippen LogP contribution is -2.20. The highest BCUT2D eigenvalue weighted by Crippen LogP contribution is 2.36. The van der Waals surface area contributed by atoms with Crippen LogP contribution in [0, 0.1) is 0 Å². The summed E-state index contributed by atoms with van der Waals surface area (Å²) in [5.74, 6) is 0. The van der Waals surface area contributed by atoms with Gasteiger partial charge in [-0.15, -0.1) is 0 Å². The zero-order chi connectivity index (χ0) is 13.5. The average molecular weight is 264 g/mol. The Hall–Kier alpha value is -1.80. The molecule has 2 aromatic carbocycles. The molecule has 1 atom stereocenters. The van der Waals surface area contributed by atoms with Crippen LogP contribution in [0.5, 0.6) is 0 Å². The maximum atomic E-state index is 3.55. The third-order valence-corrected chi connectivity index (χ3v) is 4.73. The van der Waals surface area contributed by atoms with E-state index in [1.807, 2.05) is 0 Å². The second kappa shape index (κ2) is 4.64. The molecule has 0 fully saturated rings. The molecular formula is C18H20N2. The molecule has 1 N–H and O–H groups in total. The lowest BCUT2D eigenvalue weighted by atomic mass is 10.1. The van der Waals surface area contributed by atoms with E-state index in [1.54, 1.807) is 0 Å². The highest BCUT2D eigenvalue weighted by molar-refractivity contribution is 5.61. The fraction of sp³-hybridized carbons (Fsp3) is 0.333. The zero-order valence-corrected chi connectivity index (χ0v) is 11.9. The number of nitrogens with zero attached hydrogens (tertiary/aromatic N) is 1. The molecular weight excluding hydrogens is 244 g/mol. The number of para-hydroxylation sites is 1. The molecule has 0 spiro atoms. The average Bonchev–Trinajstić information content (AvgIpc) is 3.06. The lowest BCUT2D eigenvalue weighted by molar-refractivity contribution is 0.220. The second-order valence-corrected chi connectivity index (χ2v) is 5.91. The van der Waals surface area contributed by atoms with Crippen molar-refractivity contribution in [3.63, 3.8) is 0 Å². The molecule has 0 aliphatic carbocycles. The van der Waals surface area contributed by atoms with Crippen LogP contribution in [0.1, 0.15) is 35.2 Å². The van der Waals surface area contributed by atoms with Crippen molar-refractivity contribution in [2.45, 2.75) is 32.5 Å². The van der Waals surface area contributed by atoms with Crippen molar-refractivity contribution in [1.29, 1.82) is 0 Å². The Morgan fingerprint density at radius 3 is 2.85 bits per heavy atom. The van der Waals surface area contributed by atoms with Crippen LogP contribution in [0.4, 0.5) is 5.69 Å². The van der Waals surface area contributed by atoms with Gasteiger partial charge in [-0.05, 0) is 35.6 Å². The van der Waals surface area contributed by atoms with Gasteiger partial charge in [-0.1, -0.05) is 42.5 Å². The van der Waals surface area contributed by atoms with Gasteiger partial charge < -0.3 is 5.32 Å². The fourth-order valence-electron chi connectivity index (χ4n) is 3.59. The highest BCUT2D eigenvalue weighted by Gasteiger charge is 2.27. The van der Waals surface area contributed by atoms with Crippen molar-refractivity contribution in [2.75, 3.05) is 11.9 Å². The van der Waals surface area contributed by atoms with Crippen LogP contribution >= 0.6 is 0 Å². The van der Waals surface area contributed by atoms with Crippen LogP contribution in [-0.2, 0) is 19.5 Å². The van der Waals surface area contributed by atoms with Gasteiger partial charge in [0, 0.05) is 31.4 Å². The summed E-state index contributed by atoms with van der Waals surface area (Å²) in [5, 5.41) is 3.55. The number of fused-ring (bicyclic) bond motifs is 2. The highest BCUT2D eigenvalue weighted by atomic mass is 15.2. The molecule has 2 heterocycles. The van der Waals surface area contributed by atoms with E-state index in [0.717, 1.165) is 19.6 Å². The first-order valence-electron chi connectivity index (χ1n) is 7.49. The van der Waals surface area contributed by atoms with Crippen molar-refractivity contribution in [2.24, 2.45) is 0 Å². The first-order valence-corrected chi connectivity index (χ1v) is 7.49. The van der Waals surface area contributed by atoms with Gasteiger partial charge in [-0.25, -0.2) is 0 Å². The van der Waals surface area contributed by atoms with Gasteiger partial charge in [0.2, 0.25) is 0 Å². The van der Waals surface area contributed by atoms with Crippen LogP contribution in [0.25, 0.3) is 0 Å². The Morgan fingerprint density at radius 1 is 1.10 bits per heavy atom. The number of nitrogens with one attached hydrogen (secondary N) is 1. The predicted octanol–water partition coefficient (Wildman–Crippen LogP) is 3.73. The first-order chi connectivity index (χ1) is 9.83. The minimum atomic E-state index is 0.517. The lowest BCUT2D eigenvalue weighted by Gasteiger charge is -2.23. The van der Waals surface area contributed by atoms with E-state index in [2.05, 4.69) is 59.6 Å². The predicted molar refractivity (Wildman–Crippen MR) is 82.7 cm³/mol. The summed E-state index contributed by atoms with van der Waals surface area (Å²) in [4.78, 5) is 2.57. The third-order valence-electron chi connectivity index (χ3n) is 4.73. The van der Waals surface area contributed by atoms with E-state index in [4.69, 9.17) is 0 Å². The largest absolute Gasteiger partial charge is 0.384 e. The quantitative estimate of drug-likeness (QED) is 0.889. The SMILES string of the molecule is CC1c2ccccc2CN1Cc1cccc2c1NCC2. The molecule has 0 radical (unpaired) electrons. The molecule has 2 aliphatic rings. The normalized spacial score (nSPS) is 20.6. The topological polar surface area (TPSA) is 15.3 Å². The second-order valence-electron chi connectivity index (χ2n) is 5.91. The van der Waals surface area contributed by atoms with Crippen LogP contribution in [-0.4, -0.2) is 11.4 Å². The molecule has 20 heavy (non-hydrogen) atoms. The molecule has 1 unspecified atom stereocenters. The molecule has 0 bridgehead atoms. The van der Waals surface area contributed by atoms with E-state index in [-0.39, 0.29) is 0 Å². The van der Waals surface area contributed by atoms with E-state index in [0.29, 0.717) is 6.04 Å². The summed E-state index contributed by atoms with van der Waals surface area (Å²) in [5.41, 5.74) is 7.29. The minimum absolute atomic E-state index is 0.517. The maximum absolute atomic E-state index is 3.55. The molecule has 0 amide bonds. The fourth-order valence-corrected chi connectivity index (χ4v) is 3.59. The summed E-state index contributed by atoms with van der Waals surface area (Å²) in [6.07, 6.45) is 1.17. The van der Waals surface area contributed by atoms with Gasteiger partial charge in [0.25, 0.3) is 0 Å². The standard InChI is InChI=1S/C18H20N2/c1-13-17-8-3-2-5-15(17)11-20(13)12-16-7-4-6-14-9-10-19-18(14)16/h2-8,13,19H,9-12H2,1H3. The molecule has 0 saturated heterocycles. The summed E-state index contributed by atoms with van der Waals surface area (Å²) in [6, 6.07) is 16.1. The van der Waals surface area contributed by atoms with Gasteiger partial charge >= 0.3 is 0 Å². The molecule has 2 aliphatic heterocycles. The molecule has 4 rings (SSSR count). The van der Waals surface area contributed by atoms with Crippen molar-refractivity contribution in [3.05, 3.63) is 64.7 Å². The maximum Gasteiger partial charge on any atom is 0.0419 e. The van der Waals surface area contributed by atoms with Crippen molar-refractivity contribution >= 4 is 5.69 Å². The molecule has 2 heteroatoms. The van der Waals surface area contributed by atoms with Gasteiger partial charge in [0.1, 0.15) is 0 Å². The van der Waals surface area contributed by atoms with Crippen molar-refractivity contribution in [3.8, 4) is 0 Å². The van der Waals surface area contributed by atoms with Gasteiger partial charge in [-0.3, -0.25) is 4.90 Å². The molecule has 2 nitrogen and oxygen atoms in total. The summed E-state index contributed by atoms with van der Waals surface area (Å²) >= 11 is 0. The van der Waals surface area contributed by atoms with Crippen LogP contribution in [0.3, 0.4) is 0 Å². The number of anilines is 1. The molecule has 0 saturated carbocycles. The number of benzene rings is 2. The van der Waals surface area contributed by atoms with Gasteiger partial charge in [0.05, 0.1) is 0 Å². The van der Waals surface area contributed by atoms with E-state index >= 15 is 0 Å². The van der Waals surface area contributed by atoms with Gasteiger partial charge in [0.15, 0.2) is 0 Å². The minimum Gasteiger partial charge on any atom is -0.384 e. The van der Waals surface area contributed by atoms with Crippen LogP contribution in [0.2, 0.25) is 0 Å². The number of hydrogen-bond acceptors (Lipinski definition) is 2. The van der Waals surface area contributed by atoms with E-state index in [1.165, 1.54) is 34.4 Å². The van der Waals surface area contributed by atoms with Gasteiger partial charge in [-0.2, -0.15) is 0 Å². The monoisotopic (exact) mass is 264 g/mol. The molecule has 2 aromatic rings. The Kier molecular flexibility index (Phi) is 2.78. The first kappa shape index (κ1) is 12.0. The Labute approximate surface area is 120 Å². The zero-order valence-electron chi connectivity index (χ0n) is 11.9. The smallest absolute Gasteiger partial charge is 0.0419 e. The number of rotatable bonds is 2.